The topological polar surface area (TPSA) is 103 Å². The summed E-state index contributed by atoms with van der Waals surface area (Å²) in [4.78, 5) is 41.2. The van der Waals surface area contributed by atoms with Crippen LogP contribution < -0.4 is 0 Å². The van der Waals surface area contributed by atoms with Gasteiger partial charge in [-0.15, -0.1) is 0 Å². The Morgan fingerprint density at radius 1 is 1.27 bits per heavy atom. The van der Waals surface area contributed by atoms with Crippen LogP contribution in [0.3, 0.4) is 0 Å². The third-order valence-electron chi connectivity index (χ3n) is 4.15. The Morgan fingerprint density at radius 2 is 1.91 bits per heavy atom. The van der Waals surface area contributed by atoms with Crippen LogP contribution in [0.4, 0.5) is 0 Å². The van der Waals surface area contributed by atoms with Crippen molar-refractivity contribution in [2.75, 3.05) is 6.54 Å². The molecule has 1 aromatic rings. The van der Waals surface area contributed by atoms with E-state index in [1.807, 2.05) is 0 Å². The Labute approximate surface area is 126 Å². The SMILES string of the molecule is Cc1noc(COC(=O)CN2C(=O)[C@@H]3CCCC[C@H]3C2=O)n1. The van der Waals surface area contributed by atoms with Gasteiger partial charge in [0.05, 0.1) is 11.8 Å². The molecule has 0 aromatic carbocycles. The highest BCUT2D eigenvalue weighted by molar-refractivity contribution is 6.07. The molecule has 1 aliphatic heterocycles. The van der Waals surface area contributed by atoms with Gasteiger partial charge in [0.1, 0.15) is 6.54 Å². The predicted molar refractivity (Wildman–Crippen MR) is 71.0 cm³/mol. The van der Waals surface area contributed by atoms with Crippen LogP contribution in [0.1, 0.15) is 37.4 Å². The number of hydrogen-bond donors (Lipinski definition) is 0. The van der Waals surface area contributed by atoms with Crippen LogP contribution in [0.5, 0.6) is 0 Å². The number of aryl methyl sites for hydroxylation is 1. The molecule has 2 aliphatic rings. The number of esters is 1. The van der Waals surface area contributed by atoms with E-state index in [1.165, 1.54) is 0 Å². The second-order valence-electron chi connectivity index (χ2n) is 5.66. The lowest BCUT2D eigenvalue weighted by atomic mass is 9.81. The molecule has 2 atom stereocenters. The first-order valence-corrected chi connectivity index (χ1v) is 7.36. The third kappa shape index (κ3) is 2.72. The van der Waals surface area contributed by atoms with E-state index in [1.54, 1.807) is 6.92 Å². The van der Waals surface area contributed by atoms with Crippen LogP contribution in [-0.4, -0.2) is 39.4 Å². The van der Waals surface area contributed by atoms with Crippen molar-refractivity contribution in [2.45, 2.75) is 39.2 Å². The highest BCUT2D eigenvalue weighted by Crippen LogP contribution is 2.37. The van der Waals surface area contributed by atoms with Crippen molar-refractivity contribution in [1.82, 2.24) is 15.0 Å². The maximum Gasteiger partial charge on any atom is 0.326 e. The molecule has 1 aromatic heterocycles. The molecule has 2 heterocycles. The molecule has 1 aliphatic carbocycles. The summed E-state index contributed by atoms with van der Waals surface area (Å²) >= 11 is 0. The minimum atomic E-state index is -0.656. The molecular formula is C14H17N3O5. The van der Waals surface area contributed by atoms with Crippen molar-refractivity contribution in [3.63, 3.8) is 0 Å². The number of amides is 2. The van der Waals surface area contributed by atoms with Gasteiger partial charge in [-0.1, -0.05) is 18.0 Å². The summed E-state index contributed by atoms with van der Waals surface area (Å²) < 4.78 is 9.79. The predicted octanol–water partition coefficient (Wildman–Crippen LogP) is 0.596. The van der Waals surface area contributed by atoms with E-state index in [2.05, 4.69) is 10.1 Å². The zero-order chi connectivity index (χ0) is 15.7. The molecule has 0 spiro atoms. The molecular weight excluding hydrogens is 290 g/mol. The fourth-order valence-electron chi connectivity index (χ4n) is 3.10. The Morgan fingerprint density at radius 3 is 2.45 bits per heavy atom. The lowest BCUT2D eigenvalue weighted by Crippen LogP contribution is -2.36. The monoisotopic (exact) mass is 307 g/mol. The van der Waals surface area contributed by atoms with Crippen molar-refractivity contribution < 1.29 is 23.6 Å². The van der Waals surface area contributed by atoms with Crippen LogP contribution >= 0.6 is 0 Å². The third-order valence-corrected chi connectivity index (χ3v) is 4.15. The lowest BCUT2D eigenvalue weighted by molar-refractivity contribution is -0.154. The van der Waals surface area contributed by atoms with E-state index in [0.717, 1.165) is 30.6 Å². The average Bonchev–Trinajstić information content (AvgIpc) is 3.03. The number of ether oxygens (including phenoxy) is 1. The summed E-state index contributed by atoms with van der Waals surface area (Å²) in [6.07, 6.45) is 3.36. The Balaban J connectivity index is 1.56. The second kappa shape index (κ2) is 5.86. The minimum Gasteiger partial charge on any atom is -0.454 e. The molecule has 8 heteroatoms. The quantitative estimate of drug-likeness (QED) is 0.592. The van der Waals surface area contributed by atoms with Gasteiger partial charge in [-0.05, 0) is 19.8 Å². The second-order valence-corrected chi connectivity index (χ2v) is 5.66. The van der Waals surface area contributed by atoms with Gasteiger partial charge >= 0.3 is 5.97 Å². The van der Waals surface area contributed by atoms with Crippen molar-refractivity contribution in [1.29, 1.82) is 0 Å². The summed E-state index contributed by atoms with van der Waals surface area (Å²) in [5.41, 5.74) is 0. The van der Waals surface area contributed by atoms with Gasteiger partial charge in [-0.3, -0.25) is 19.3 Å². The molecule has 0 radical (unpaired) electrons. The summed E-state index contributed by atoms with van der Waals surface area (Å²) in [6, 6.07) is 0. The van der Waals surface area contributed by atoms with E-state index in [-0.39, 0.29) is 42.7 Å². The minimum absolute atomic E-state index is 0.164. The highest BCUT2D eigenvalue weighted by Gasteiger charge is 2.48. The zero-order valence-electron chi connectivity index (χ0n) is 12.3. The van der Waals surface area contributed by atoms with E-state index in [4.69, 9.17) is 9.26 Å². The molecule has 0 unspecified atom stereocenters. The number of imide groups is 1. The van der Waals surface area contributed by atoms with Crippen LogP contribution in [0.2, 0.25) is 0 Å². The highest BCUT2D eigenvalue weighted by atomic mass is 16.6. The number of nitrogens with zero attached hydrogens (tertiary/aromatic N) is 3. The molecule has 0 bridgehead atoms. The number of fused-ring (bicyclic) bond motifs is 1. The van der Waals surface area contributed by atoms with Crippen LogP contribution in [0.25, 0.3) is 0 Å². The van der Waals surface area contributed by atoms with Crippen molar-refractivity contribution in [3.8, 4) is 0 Å². The van der Waals surface area contributed by atoms with Gasteiger partial charge in [0.2, 0.25) is 11.8 Å². The van der Waals surface area contributed by atoms with Gasteiger partial charge < -0.3 is 9.26 Å². The number of carbonyl (C=O) groups is 3. The fourth-order valence-corrected chi connectivity index (χ4v) is 3.10. The first-order chi connectivity index (χ1) is 10.6. The molecule has 0 N–H and O–H groups in total. The Hall–Kier alpha value is -2.25. The van der Waals surface area contributed by atoms with E-state index >= 15 is 0 Å². The number of rotatable bonds is 4. The number of hydrogen-bond acceptors (Lipinski definition) is 7. The van der Waals surface area contributed by atoms with Gasteiger partial charge in [0, 0.05) is 0 Å². The van der Waals surface area contributed by atoms with E-state index < -0.39 is 5.97 Å². The Bertz CT molecular complexity index is 587. The van der Waals surface area contributed by atoms with Crippen LogP contribution in [0, 0.1) is 18.8 Å². The molecule has 2 fully saturated rings. The smallest absolute Gasteiger partial charge is 0.326 e. The van der Waals surface area contributed by atoms with Gasteiger partial charge in [0.25, 0.3) is 5.89 Å². The van der Waals surface area contributed by atoms with Crippen LogP contribution in [-0.2, 0) is 25.7 Å². The molecule has 118 valence electrons. The van der Waals surface area contributed by atoms with Crippen molar-refractivity contribution >= 4 is 17.8 Å². The molecule has 1 saturated carbocycles. The molecule has 8 nitrogen and oxygen atoms in total. The van der Waals surface area contributed by atoms with Gasteiger partial charge in [-0.2, -0.15) is 4.98 Å². The molecule has 1 saturated heterocycles. The van der Waals surface area contributed by atoms with Crippen LogP contribution in [0.15, 0.2) is 4.52 Å². The molecule has 2 amide bonds. The Kier molecular flexibility index (Phi) is 3.91. The first kappa shape index (κ1) is 14.7. The number of aromatic nitrogens is 2. The largest absolute Gasteiger partial charge is 0.454 e. The summed E-state index contributed by atoms with van der Waals surface area (Å²) in [5, 5.41) is 3.57. The van der Waals surface area contributed by atoms with E-state index in [9.17, 15) is 14.4 Å². The number of carbonyl (C=O) groups excluding carboxylic acids is 3. The van der Waals surface area contributed by atoms with Gasteiger partial charge in [-0.25, -0.2) is 0 Å². The van der Waals surface area contributed by atoms with Gasteiger partial charge in [0.15, 0.2) is 12.4 Å². The molecule has 3 rings (SSSR count). The molecule has 22 heavy (non-hydrogen) atoms. The summed E-state index contributed by atoms with van der Waals surface area (Å²) in [7, 11) is 0. The fraction of sp³-hybridized carbons (Fsp3) is 0.643. The maximum atomic E-state index is 12.2. The van der Waals surface area contributed by atoms with E-state index in [0.29, 0.717) is 5.82 Å². The zero-order valence-corrected chi connectivity index (χ0v) is 12.3. The number of likely N-dealkylation sites (tertiary alicyclic amines) is 1. The average molecular weight is 307 g/mol. The lowest BCUT2D eigenvalue weighted by Gasteiger charge is -2.19. The summed E-state index contributed by atoms with van der Waals surface area (Å²) in [6.45, 7) is 1.14. The van der Waals surface area contributed by atoms with Crippen molar-refractivity contribution in [3.05, 3.63) is 11.7 Å². The normalized spacial score (nSPS) is 24.5. The maximum absolute atomic E-state index is 12.2. The first-order valence-electron chi connectivity index (χ1n) is 7.36. The van der Waals surface area contributed by atoms with Crippen molar-refractivity contribution in [2.24, 2.45) is 11.8 Å². The summed E-state index contributed by atoms with van der Waals surface area (Å²) in [5.74, 6) is -1.05. The standard InChI is InChI=1S/C14H17N3O5/c1-8-15-11(22-16-8)7-21-12(18)6-17-13(19)9-4-2-3-5-10(9)14(17)20/h9-10H,2-7H2,1H3/t9-,10-/m1/s1.